The van der Waals surface area contributed by atoms with E-state index in [0.29, 0.717) is 16.5 Å². The molecule has 0 spiro atoms. The van der Waals surface area contributed by atoms with Gasteiger partial charge in [0.15, 0.2) is 0 Å². The number of amides is 1. The van der Waals surface area contributed by atoms with Crippen LogP contribution in [0.1, 0.15) is 22.8 Å². The number of aryl methyl sites for hydroxylation is 1. The Kier molecular flexibility index (Phi) is 3.95. The Hall–Kier alpha value is -1.87. The van der Waals surface area contributed by atoms with Crippen LogP contribution in [-0.2, 0) is 6.42 Å². The standard InChI is InChI=1S/C14H13ClN2O/c1-2-10-6-3-4-7-11(10)14(18)17-13-9-5-8-12(15)16-13/h3-9H,2H2,1H3,(H,16,17,18). The van der Waals surface area contributed by atoms with E-state index in [-0.39, 0.29) is 5.91 Å². The molecule has 0 aliphatic rings. The first-order chi connectivity index (χ1) is 8.70. The SMILES string of the molecule is CCc1ccccc1C(=O)Nc1cccc(Cl)n1. The molecule has 1 aromatic carbocycles. The van der Waals surface area contributed by atoms with Crippen LogP contribution in [-0.4, -0.2) is 10.9 Å². The summed E-state index contributed by atoms with van der Waals surface area (Å²) in [5.74, 6) is 0.292. The van der Waals surface area contributed by atoms with Crippen LogP contribution in [0.5, 0.6) is 0 Å². The van der Waals surface area contributed by atoms with Gasteiger partial charge in [0, 0.05) is 5.56 Å². The predicted octanol–water partition coefficient (Wildman–Crippen LogP) is 3.55. The largest absolute Gasteiger partial charge is 0.307 e. The molecule has 0 atom stereocenters. The maximum atomic E-state index is 12.1. The molecule has 92 valence electrons. The number of nitrogens with one attached hydrogen (secondary N) is 1. The molecule has 0 fully saturated rings. The zero-order valence-electron chi connectivity index (χ0n) is 9.98. The van der Waals surface area contributed by atoms with Gasteiger partial charge in [-0.2, -0.15) is 0 Å². The van der Waals surface area contributed by atoms with Crippen molar-refractivity contribution in [3.8, 4) is 0 Å². The Bertz CT molecular complexity index is 569. The second-order valence-corrected chi connectivity index (χ2v) is 4.20. The summed E-state index contributed by atoms with van der Waals surface area (Å²) in [4.78, 5) is 16.1. The van der Waals surface area contributed by atoms with Crippen molar-refractivity contribution in [3.63, 3.8) is 0 Å². The Morgan fingerprint density at radius 2 is 2.00 bits per heavy atom. The van der Waals surface area contributed by atoms with E-state index < -0.39 is 0 Å². The van der Waals surface area contributed by atoms with E-state index in [0.717, 1.165) is 12.0 Å². The summed E-state index contributed by atoms with van der Waals surface area (Å²) in [6.45, 7) is 2.02. The van der Waals surface area contributed by atoms with Gasteiger partial charge in [-0.05, 0) is 30.2 Å². The lowest BCUT2D eigenvalue weighted by Crippen LogP contribution is -2.14. The maximum Gasteiger partial charge on any atom is 0.257 e. The molecule has 1 heterocycles. The molecule has 4 heteroatoms. The van der Waals surface area contributed by atoms with E-state index in [1.807, 2.05) is 25.1 Å². The number of anilines is 1. The molecule has 0 aliphatic heterocycles. The quantitative estimate of drug-likeness (QED) is 0.858. The highest BCUT2D eigenvalue weighted by Gasteiger charge is 2.10. The molecule has 0 bridgehead atoms. The fourth-order valence-electron chi connectivity index (χ4n) is 1.71. The summed E-state index contributed by atoms with van der Waals surface area (Å²) in [5.41, 5.74) is 1.68. The molecule has 0 saturated heterocycles. The fourth-order valence-corrected chi connectivity index (χ4v) is 1.88. The topological polar surface area (TPSA) is 42.0 Å². The van der Waals surface area contributed by atoms with Crippen molar-refractivity contribution in [1.29, 1.82) is 0 Å². The van der Waals surface area contributed by atoms with Crippen molar-refractivity contribution in [2.45, 2.75) is 13.3 Å². The number of pyridine rings is 1. The van der Waals surface area contributed by atoms with Gasteiger partial charge in [0.1, 0.15) is 11.0 Å². The van der Waals surface area contributed by atoms with Gasteiger partial charge in [-0.25, -0.2) is 4.98 Å². The zero-order chi connectivity index (χ0) is 13.0. The third-order valence-corrected chi connectivity index (χ3v) is 2.81. The molecule has 2 rings (SSSR count). The van der Waals surface area contributed by atoms with Gasteiger partial charge < -0.3 is 5.32 Å². The van der Waals surface area contributed by atoms with Crippen molar-refractivity contribution < 1.29 is 4.79 Å². The van der Waals surface area contributed by atoms with E-state index in [4.69, 9.17) is 11.6 Å². The third-order valence-electron chi connectivity index (χ3n) is 2.60. The monoisotopic (exact) mass is 260 g/mol. The maximum absolute atomic E-state index is 12.1. The lowest BCUT2D eigenvalue weighted by molar-refractivity contribution is 0.102. The minimum atomic E-state index is -0.165. The van der Waals surface area contributed by atoms with Crippen molar-refractivity contribution in [2.75, 3.05) is 5.32 Å². The van der Waals surface area contributed by atoms with Crippen LogP contribution in [0.3, 0.4) is 0 Å². The number of halogens is 1. The molecule has 0 unspecified atom stereocenters. The highest BCUT2D eigenvalue weighted by Crippen LogP contribution is 2.13. The lowest BCUT2D eigenvalue weighted by atomic mass is 10.0. The van der Waals surface area contributed by atoms with Gasteiger partial charge in [0.25, 0.3) is 5.91 Å². The van der Waals surface area contributed by atoms with Gasteiger partial charge in [0.2, 0.25) is 0 Å². The minimum Gasteiger partial charge on any atom is -0.307 e. The summed E-state index contributed by atoms with van der Waals surface area (Å²) < 4.78 is 0. The number of carbonyl (C=O) groups excluding carboxylic acids is 1. The van der Waals surface area contributed by atoms with Crippen molar-refractivity contribution in [2.24, 2.45) is 0 Å². The molecule has 3 nitrogen and oxygen atoms in total. The first kappa shape index (κ1) is 12.6. The summed E-state index contributed by atoms with van der Waals surface area (Å²) >= 11 is 5.77. The molecule has 0 aliphatic carbocycles. The minimum absolute atomic E-state index is 0.165. The molecule has 0 saturated carbocycles. The van der Waals surface area contributed by atoms with Gasteiger partial charge in [-0.3, -0.25) is 4.79 Å². The fraction of sp³-hybridized carbons (Fsp3) is 0.143. The van der Waals surface area contributed by atoms with Crippen LogP contribution >= 0.6 is 11.6 Å². The average molecular weight is 261 g/mol. The number of hydrogen-bond donors (Lipinski definition) is 1. The van der Waals surface area contributed by atoms with Crippen LogP contribution in [0.25, 0.3) is 0 Å². The average Bonchev–Trinajstić information content (AvgIpc) is 2.38. The van der Waals surface area contributed by atoms with E-state index in [1.165, 1.54) is 0 Å². The molecular formula is C14H13ClN2O. The van der Waals surface area contributed by atoms with Crippen molar-refractivity contribution in [1.82, 2.24) is 4.98 Å². The number of carbonyl (C=O) groups is 1. The molecule has 1 N–H and O–H groups in total. The highest BCUT2D eigenvalue weighted by atomic mass is 35.5. The van der Waals surface area contributed by atoms with E-state index >= 15 is 0 Å². The van der Waals surface area contributed by atoms with Gasteiger partial charge in [0.05, 0.1) is 0 Å². The molecular weight excluding hydrogens is 248 g/mol. The smallest absolute Gasteiger partial charge is 0.257 e. The Balaban J connectivity index is 2.22. The highest BCUT2D eigenvalue weighted by molar-refractivity contribution is 6.29. The molecule has 2 aromatic rings. The van der Waals surface area contributed by atoms with Crippen LogP contribution in [0.4, 0.5) is 5.82 Å². The number of benzene rings is 1. The Labute approximate surface area is 111 Å². The van der Waals surface area contributed by atoms with Crippen LogP contribution in [0.15, 0.2) is 42.5 Å². The first-order valence-corrected chi connectivity index (χ1v) is 6.10. The van der Waals surface area contributed by atoms with E-state index in [9.17, 15) is 4.79 Å². The molecule has 1 amide bonds. The number of rotatable bonds is 3. The van der Waals surface area contributed by atoms with Gasteiger partial charge >= 0.3 is 0 Å². The molecule has 0 radical (unpaired) electrons. The van der Waals surface area contributed by atoms with Crippen LogP contribution < -0.4 is 5.32 Å². The predicted molar refractivity (Wildman–Crippen MR) is 73.0 cm³/mol. The number of nitrogens with zero attached hydrogens (tertiary/aromatic N) is 1. The second-order valence-electron chi connectivity index (χ2n) is 3.81. The van der Waals surface area contributed by atoms with Crippen LogP contribution in [0.2, 0.25) is 5.15 Å². The Morgan fingerprint density at radius 3 is 2.72 bits per heavy atom. The lowest BCUT2D eigenvalue weighted by Gasteiger charge is -2.08. The van der Waals surface area contributed by atoms with E-state index in [1.54, 1.807) is 24.3 Å². The number of aromatic nitrogens is 1. The summed E-state index contributed by atoms with van der Waals surface area (Å²) in [5, 5.41) is 3.10. The zero-order valence-corrected chi connectivity index (χ0v) is 10.7. The van der Waals surface area contributed by atoms with Gasteiger partial charge in [-0.1, -0.05) is 42.8 Å². The first-order valence-electron chi connectivity index (χ1n) is 5.72. The second kappa shape index (κ2) is 5.65. The number of hydrogen-bond acceptors (Lipinski definition) is 2. The summed E-state index contributed by atoms with van der Waals surface area (Å²) in [7, 11) is 0. The van der Waals surface area contributed by atoms with E-state index in [2.05, 4.69) is 10.3 Å². The Morgan fingerprint density at radius 1 is 1.22 bits per heavy atom. The molecule has 18 heavy (non-hydrogen) atoms. The van der Waals surface area contributed by atoms with Crippen molar-refractivity contribution in [3.05, 3.63) is 58.7 Å². The summed E-state index contributed by atoms with van der Waals surface area (Å²) in [6.07, 6.45) is 0.812. The van der Waals surface area contributed by atoms with Gasteiger partial charge in [-0.15, -0.1) is 0 Å². The summed E-state index contributed by atoms with van der Waals surface area (Å²) in [6, 6.07) is 12.6. The third kappa shape index (κ3) is 2.87. The normalized spacial score (nSPS) is 10.1. The molecule has 1 aromatic heterocycles. The van der Waals surface area contributed by atoms with Crippen LogP contribution in [0, 0.1) is 0 Å². The van der Waals surface area contributed by atoms with Crippen molar-refractivity contribution >= 4 is 23.3 Å².